The highest BCUT2D eigenvalue weighted by Crippen LogP contribution is 2.36. The third-order valence-corrected chi connectivity index (χ3v) is 5.51. The second kappa shape index (κ2) is 8.28. The molecule has 0 radical (unpaired) electrons. The van der Waals surface area contributed by atoms with Crippen molar-refractivity contribution in [3.63, 3.8) is 0 Å². The van der Waals surface area contributed by atoms with Gasteiger partial charge in [0.2, 0.25) is 11.8 Å². The van der Waals surface area contributed by atoms with E-state index in [1.165, 1.54) is 11.2 Å². The fraction of sp³-hybridized carbons (Fsp3) is 0.714. The molecule has 1 saturated heterocycles. The van der Waals surface area contributed by atoms with Crippen molar-refractivity contribution in [2.24, 2.45) is 11.3 Å². The molecule has 0 spiro atoms. The van der Waals surface area contributed by atoms with Crippen molar-refractivity contribution in [3.8, 4) is 5.88 Å². The summed E-state index contributed by atoms with van der Waals surface area (Å²) in [5.41, 5.74) is 1.08. The van der Waals surface area contributed by atoms with Crippen LogP contribution < -0.4 is 9.64 Å². The first-order valence-corrected chi connectivity index (χ1v) is 10.6. The van der Waals surface area contributed by atoms with Gasteiger partial charge in [0.25, 0.3) is 0 Å². The average Bonchev–Trinajstić information content (AvgIpc) is 3.22. The smallest absolute Gasteiger partial charge is 0.407 e. The summed E-state index contributed by atoms with van der Waals surface area (Å²) in [7, 11) is 2.03. The fourth-order valence-corrected chi connectivity index (χ4v) is 4.47. The molecule has 30 heavy (non-hydrogen) atoms. The zero-order valence-corrected chi connectivity index (χ0v) is 19.1. The lowest BCUT2D eigenvalue weighted by Gasteiger charge is -2.36. The lowest BCUT2D eigenvalue weighted by Crippen LogP contribution is -2.48. The van der Waals surface area contributed by atoms with Gasteiger partial charge in [0, 0.05) is 33.1 Å². The largest absolute Gasteiger partial charge is 0.470 e. The van der Waals surface area contributed by atoms with Crippen LogP contribution in [0.3, 0.4) is 0 Å². The number of ether oxygens (including phenoxy) is 1. The van der Waals surface area contributed by atoms with Gasteiger partial charge in [-0.3, -0.25) is 4.57 Å². The fourth-order valence-electron chi connectivity index (χ4n) is 4.47. The van der Waals surface area contributed by atoms with Gasteiger partial charge < -0.3 is 19.6 Å². The monoisotopic (exact) mass is 418 g/mol. The van der Waals surface area contributed by atoms with Crippen molar-refractivity contribution in [3.05, 3.63) is 6.33 Å². The molecule has 9 heteroatoms. The number of carbonyl (C=O) groups is 1. The standard InChI is InChI=1S/C21H34N6O3/c1-8-26-17-15(24-19(26)25(7)11-13(2)3)18(23-12-22-17)30-14-9-10-27(20(28)29)16(14)21(4,5)6/h12-14,16H,8-11H2,1-7H3,(H,28,29). The Balaban J connectivity index is 1.99. The summed E-state index contributed by atoms with van der Waals surface area (Å²) in [5.74, 6) is 1.74. The molecule has 3 heterocycles. The number of hydrogen-bond donors (Lipinski definition) is 1. The molecule has 1 amide bonds. The number of aryl methyl sites for hydroxylation is 1. The molecule has 2 unspecified atom stereocenters. The first-order valence-electron chi connectivity index (χ1n) is 10.6. The molecular weight excluding hydrogens is 384 g/mol. The van der Waals surface area contributed by atoms with E-state index in [9.17, 15) is 9.90 Å². The highest BCUT2D eigenvalue weighted by molar-refractivity contribution is 5.79. The third kappa shape index (κ3) is 4.15. The number of hydrogen-bond acceptors (Lipinski definition) is 6. The van der Waals surface area contributed by atoms with Crippen LogP contribution in [0.2, 0.25) is 0 Å². The van der Waals surface area contributed by atoms with Crippen molar-refractivity contribution in [1.82, 2.24) is 24.4 Å². The summed E-state index contributed by atoms with van der Waals surface area (Å²) in [5, 5.41) is 9.63. The van der Waals surface area contributed by atoms with Gasteiger partial charge in [0.1, 0.15) is 12.4 Å². The van der Waals surface area contributed by atoms with Gasteiger partial charge in [-0.2, -0.15) is 4.98 Å². The molecule has 3 rings (SSSR count). The third-order valence-electron chi connectivity index (χ3n) is 5.51. The molecule has 1 fully saturated rings. The Kier molecular flexibility index (Phi) is 6.10. The Morgan fingerprint density at radius 3 is 2.63 bits per heavy atom. The summed E-state index contributed by atoms with van der Waals surface area (Å²) < 4.78 is 8.39. The lowest BCUT2D eigenvalue weighted by molar-refractivity contribution is 0.0558. The minimum Gasteiger partial charge on any atom is -0.470 e. The van der Waals surface area contributed by atoms with Gasteiger partial charge in [0.15, 0.2) is 11.2 Å². The topological polar surface area (TPSA) is 96.6 Å². The van der Waals surface area contributed by atoms with E-state index in [4.69, 9.17) is 9.72 Å². The number of fused-ring (bicyclic) bond motifs is 1. The molecule has 1 N–H and O–H groups in total. The quantitative estimate of drug-likeness (QED) is 0.767. The molecule has 2 atom stereocenters. The Labute approximate surface area is 178 Å². The second-order valence-electron chi connectivity index (χ2n) is 9.51. The Morgan fingerprint density at radius 2 is 2.07 bits per heavy atom. The summed E-state index contributed by atoms with van der Waals surface area (Å²) in [6.45, 7) is 14.6. The zero-order valence-electron chi connectivity index (χ0n) is 19.1. The Morgan fingerprint density at radius 1 is 1.37 bits per heavy atom. The first kappa shape index (κ1) is 22.1. The highest BCUT2D eigenvalue weighted by atomic mass is 16.5. The van der Waals surface area contributed by atoms with Crippen LogP contribution in [0.25, 0.3) is 11.2 Å². The van der Waals surface area contributed by atoms with Crippen LogP contribution in [0.15, 0.2) is 6.33 Å². The Bertz CT molecular complexity index is 904. The summed E-state index contributed by atoms with van der Waals surface area (Å²) in [6.07, 6.45) is 0.909. The minimum atomic E-state index is -0.915. The number of rotatable bonds is 6. The molecular formula is C21H34N6O3. The number of anilines is 1. The number of nitrogens with zero attached hydrogens (tertiary/aromatic N) is 6. The van der Waals surface area contributed by atoms with Crippen LogP contribution in [-0.2, 0) is 6.54 Å². The second-order valence-corrected chi connectivity index (χ2v) is 9.51. The molecule has 0 saturated carbocycles. The zero-order chi connectivity index (χ0) is 22.2. The summed E-state index contributed by atoms with van der Waals surface area (Å²) in [6, 6.07) is -0.267. The van der Waals surface area contributed by atoms with Gasteiger partial charge in [-0.15, -0.1) is 0 Å². The van der Waals surface area contributed by atoms with Crippen molar-refractivity contribution >= 4 is 23.2 Å². The first-order chi connectivity index (χ1) is 14.0. The van der Waals surface area contributed by atoms with Crippen LogP contribution in [0.1, 0.15) is 48.0 Å². The van der Waals surface area contributed by atoms with Crippen LogP contribution >= 0.6 is 0 Å². The minimum absolute atomic E-state index is 0.267. The van der Waals surface area contributed by atoms with Gasteiger partial charge in [-0.1, -0.05) is 34.6 Å². The average molecular weight is 419 g/mol. The van der Waals surface area contributed by atoms with Crippen molar-refractivity contribution in [1.29, 1.82) is 0 Å². The molecule has 1 aliphatic heterocycles. The van der Waals surface area contributed by atoms with E-state index in [1.54, 1.807) is 0 Å². The normalized spacial score (nSPS) is 19.7. The Hall–Kier alpha value is -2.58. The maximum absolute atomic E-state index is 11.7. The summed E-state index contributed by atoms with van der Waals surface area (Å²) in [4.78, 5) is 29.0. The van der Waals surface area contributed by atoms with Gasteiger partial charge in [0.05, 0.1) is 6.04 Å². The van der Waals surface area contributed by atoms with E-state index in [0.717, 1.165) is 24.7 Å². The maximum atomic E-state index is 11.7. The predicted octanol–water partition coefficient (Wildman–Crippen LogP) is 3.48. The molecule has 2 aromatic heterocycles. The van der Waals surface area contributed by atoms with E-state index < -0.39 is 6.09 Å². The van der Waals surface area contributed by atoms with Gasteiger partial charge >= 0.3 is 6.09 Å². The van der Waals surface area contributed by atoms with Crippen LogP contribution in [-0.4, -0.2) is 67.9 Å². The highest BCUT2D eigenvalue weighted by Gasteiger charge is 2.45. The van der Waals surface area contributed by atoms with E-state index in [0.29, 0.717) is 30.3 Å². The van der Waals surface area contributed by atoms with Crippen LogP contribution in [0, 0.1) is 11.3 Å². The van der Waals surface area contributed by atoms with E-state index in [-0.39, 0.29) is 17.6 Å². The summed E-state index contributed by atoms with van der Waals surface area (Å²) >= 11 is 0. The maximum Gasteiger partial charge on any atom is 0.407 e. The van der Waals surface area contributed by atoms with E-state index in [1.807, 2.05) is 27.8 Å². The van der Waals surface area contributed by atoms with Crippen LogP contribution in [0.5, 0.6) is 5.88 Å². The van der Waals surface area contributed by atoms with E-state index >= 15 is 0 Å². The molecule has 0 aliphatic carbocycles. The van der Waals surface area contributed by atoms with Gasteiger partial charge in [-0.05, 0) is 18.3 Å². The molecule has 1 aliphatic rings. The number of carboxylic acid groups (broad SMARTS) is 1. The van der Waals surface area contributed by atoms with Crippen molar-refractivity contribution < 1.29 is 14.6 Å². The number of aromatic nitrogens is 4. The molecule has 0 aromatic carbocycles. The van der Waals surface area contributed by atoms with Crippen molar-refractivity contribution in [2.45, 2.75) is 66.7 Å². The van der Waals surface area contributed by atoms with Crippen molar-refractivity contribution in [2.75, 3.05) is 25.0 Å². The number of amides is 1. The number of likely N-dealkylation sites (tertiary alicyclic amines) is 1. The molecule has 166 valence electrons. The van der Waals surface area contributed by atoms with Gasteiger partial charge in [-0.25, -0.2) is 14.8 Å². The lowest BCUT2D eigenvalue weighted by atomic mass is 9.84. The SMILES string of the molecule is CCn1c(N(C)CC(C)C)nc2c(OC3CCN(C(=O)O)C3C(C)(C)C)ncnc21. The molecule has 9 nitrogen and oxygen atoms in total. The molecule has 2 aromatic rings. The molecule has 0 bridgehead atoms. The van der Waals surface area contributed by atoms with Crippen LogP contribution in [0.4, 0.5) is 10.7 Å². The number of imidazole rings is 1. The predicted molar refractivity (Wildman–Crippen MR) is 116 cm³/mol. The van der Waals surface area contributed by atoms with E-state index in [2.05, 4.69) is 40.2 Å².